The van der Waals surface area contributed by atoms with Crippen LogP contribution >= 0.6 is 0 Å². The number of benzene rings is 1. The minimum absolute atomic E-state index is 0.463. The van der Waals surface area contributed by atoms with Crippen LogP contribution in [0.5, 0.6) is 5.75 Å². The van der Waals surface area contributed by atoms with Crippen LogP contribution in [0.25, 0.3) is 0 Å². The fourth-order valence-corrected chi connectivity index (χ4v) is 6.07. The predicted octanol–water partition coefficient (Wildman–Crippen LogP) is 5.44. The molecule has 2 saturated carbocycles. The Morgan fingerprint density at radius 1 is 1.00 bits per heavy atom. The van der Waals surface area contributed by atoms with Gasteiger partial charge in [0.25, 0.3) is 0 Å². The molecule has 130 valence electrons. The zero-order valence-electron chi connectivity index (χ0n) is 14.9. The van der Waals surface area contributed by atoms with Gasteiger partial charge in [0.1, 0.15) is 12.4 Å². The van der Waals surface area contributed by atoms with Crippen molar-refractivity contribution < 1.29 is 4.74 Å². The van der Waals surface area contributed by atoms with E-state index in [9.17, 15) is 0 Å². The van der Waals surface area contributed by atoms with Crippen LogP contribution in [0.4, 0.5) is 0 Å². The lowest BCUT2D eigenvalue weighted by Crippen LogP contribution is -2.49. The summed E-state index contributed by atoms with van der Waals surface area (Å²) < 4.78 is 6.14. The molecule has 3 aliphatic rings. The van der Waals surface area contributed by atoms with Gasteiger partial charge in [-0.3, -0.25) is 4.98 Å². The van der Waals surface area contributed by atoms with Crippen molar-refractivity contribution >= 4 is 0 Å². The first-order valence-electron chi connectivity index (χ1n) is 10.0. The zero-order valence-corrected chi connectivity index (χ0v) is 14.9. The van der Waals surface area contributed by atoms with E-state index < -0.39 is 0 Å². The van der Waals surface area contributed by atoms with Gasteiger partial charge in [0.2, 0.25) is 0 Å². The Balaban J connectivity index is 1.46. The van der Waals surface area contributed by atoms with E-state index in [1.807, 2.05) is 24.5 Å². The second-order valence-corrected chi connectivity index (χ2v) is 8.33. The van der Waals surface area contributed by atoms with Crippen LogP contribution in [0, 0.1) is 11.8 Å². The van der Waals surface area contributed by atoms with Gasteiger partial charge >= 0.3 is 0 Å². The topological polar surface area (TPSA) is 22.1 Å². The number of hydrogen-bond acceptors (Lipinski definition) is 2. The highest BCUT2D eigenvalue weighted by Crippen LogP contribution is 2.59. The lowest BCUT2D eigenvalue weighted by molar-refractivity contribution is 0.0520. The van der Waals surface area contributed by atoms with Gasteiger partial charge in [-0.15, -0.1) is 0 Å². The summed E-state index contributed by atoms with van der Waals surface area (Å²) in [6.45, 7) is 0.625. The Labute approximate surface area is 150 Å². The molecule has 0 saturated heterocycles. The second-order valence-electron chi connectivity index (χ2n) is 8.33. The van der Waals surface area contributed by atoms with E-state index in [2.05, 4.69) is 23.2 Å². The first-order chi connectivity index (χ1) is 12.4. The van der Waals surface area contributed by atoms with Gasteiger partial charge < -0.3 is 4.74 Å². The third kappa shape index (κ3) is 2.58. The van der Waals surface area contributed by atoms with E-state index in [4.69, 9.17) is 4.74 Å². The molecule has 0 unspecified atom stereocenters. The summed E-state index contributed by atoms with van der Waals surface area (Å²) in [7, 11) is 0. The molecule has 3 atom stereocenters. The Bertz CT molecular complexity index is 752. The second kappa shape index (κ2) is 6.16. The summed E-state index contributed by atoms with van der Waals surface area (Å²) in [5.41, 5.74) is 4.89. The van der Waals surface area contributed by atoms with Gasteiger partial charge in [-0.1, -0.05) is 25.3 Å². The molecule has 3 aliphatic carbocycles. The van der Waals surface area contributed by atoms with Crippen LogP contribution in [-0.2, 0) is 18.4 Å². The first-order valence-corrected chi connectivity index (χ1v) is 10.0. The molecule has 2 bridgehead atoms. The lowest BCUT2D eigenvalue weighted by atomic mass is 9.49. The minimum atomic E-state index is 0.463. The maximum absolute atomic E-state index is 6.14. The molecule has 0 N–H and O–H groups in total. The highest BCUT2D eigenvalue weighted by atomic mass is 16.5. The molecule has 0 spiro atoms. The SMILES string of the molecule is c1cc(COc2ccc3c(c2)[C@]24CCCC[C@@H]2[C@@H](CCC4)C3)ccn1. The van der Waals surface area contributed by atoms with Gasteiger partial charge in [-0.2, -0.15) is 0 Å². The number of aromatic nitrogens is 1. The largest absolute Gasteiger partial charge is 0.489 e. The molecule has 0 amide bonds. The van der Waals surface area contributed by atoms with E-state index in [0.29, 0.717) is 12.0 Å². The quantitative estimate of drug-likeness (QED) is 0.745. The fraction of sp³-hybridized carbons (Fsp3) is 0.522. The minimum Gasteiger partial charge on any atom is -0.489 e. The maximum Gasteiger partial charge on any atom is 0.120 e. The summed E-state index contributed by atoms with van der Waals surface area (Å²) in [6, 6.07) is 11.0. The van der Waals surface area contributed by atoms with Gasteiger partial charge in [-0.25, -0.2) is 0 Å². The average Bonchev–Trinajstić information content (AvgIpc) is 2.67. The summed E-state index contributed by atoms with van der Waals surface area (Å²) in [6.07, 6.45) is 14.9. The smallest absolute Gasteiger partial charge is 0.120 e. The van der Waals surface area contributed by atoms with Crippen molar-refractivity contribution in [2.45, 2.75) is 63.4 Å². The molecular formula is C23H27NO. The van der Waals surface area contributed by atoms with Crippen molar-refractivity contribution in [3.8, 4) is 5.75 Å². The summed E-state index contributed by atoms with van der Waals surface area (Å²) in [5.74, 6) is 2.90. The standard InChI is InChI=1S/C23H27NO/c1-2-10-23-11-3-4-18(21(23)5-1)14-19-6-7-20(15-22(19)23)25-16-17-8-12-24-13-9-17/h6-9,12-13,15,18,21H,1-5,10-11,14,16H2/t18-,21+,23-/m0/s1. The lowest BCUT2D eigenvalue weighted by Gasteiger charge is -2.55. The van der Waals surface area contributed by atoms with Crippen LogP contribution in [0.2, 0.25) is 0 Å². The Morgan fingerprint density at radius 2 is 1.88 bits per heavy atom. The molecule has 25 heavy (non-hydrogen) atoms. The Kier molecular flexibility index (Phi) is 3.80. The van der Waals surface area contributed by atoms with Gasteiger partial charge in [0, 0.05) is 12.4 Å². The molecule has 1 aromatic carbocycles. The van der Waals surface area contributed by atoms with Crippen LogP contribution in [0.3, 0.4) is 0 Å². The van der Waals surface area contributed by atoms with Gasteiger partial charge in [-0.05, 0) is 90.3 Å². The molecular weight excluding hydrogens is 306 g/mol. The molecule has 2 heteroatoms. The Hall–Kier alpha value is -1.83. The number of nitrogens with zero attached hydrogens (tertiary/aromatic N) is 1. The van der Waals surface area contributed by atoms with Gasteiger partial charge in [0.15, 0.2) is 0 Å². The van der Waals surface area contributed by atoms with Crippen molar-refractivity contribution in [2.24, 2.45) is 11.8 Å². The van der Waals surface area contributed by atoms with Crippen molar-refractivity contribution in [1.82, 2.24) is 4.98 Å². The molecule has 1 heterocycles. The molecule has 1 aromatic heterocycles. The average molecular weight is 333 g/mol. The summed E-state index contributed by atoms with van der Waals surface area (Å²) in [4.78, 5) is 4.08. The van der Waals surface area contributed by atoms with E-state index in [-0.39, 0.29) is 0 Å². The van der Waals surface area contributed by atoms with Crippen LogP contribution in [-0.4, -0.2) is 4.98 Å². The van der Waals surface area contributed by atoms with Crippen LogP contribution in [0.15, 0.2) is 42.7 Å². The Morgan fingerprint density at radius 3 is 2.80 bits per heavy atom. The third-order valence-corrected chi connectivity index (χ3v) is 7.12. The molecule has 5 rings (SSSR count). The number of ether oxygens (including phenoxy) is 1. The zero-order chi connectivity index (χ0) is 16.7. The highest BCUT2D eigenvalue weighted by Gasteiger charge is 2.51. The number of rotatable bonds is 3. The third-order valence-electron chi connectivity index (χ3n) is 7.12. The van der Waals surface area contributed by atoms with Crippen molar-refractivity contribution in [3.05, 3.63) is 59.4 Å². The van der Waals surface area contributed by atoms with Crippen molar-refractivity contribution in [3.63, 3.8) is 0 Å². The van der Waals surface area contributed by atoms with E-state index in [1.54, 1.807) is 11.1 Å². The van der Waals surface area contributed by atoms with Gasteiger partial charge in [0.05, 0.1) is 0 Å². The number of hydrogen-bond donors (Lipinski definition) is 0. The van der Waals surface area contributed by atoms with Crippen LogP contribution < -0.4 is 4.74 Å². The monoisotopic (exact) mass is 333 g/mol. The van der Waals surface area contributed by atoms with Crippen LogP contribution in [0.1, 0.15) is 61.6 Å². The molecule has 0 radical (unpaired) electrons. The molecule has 2 nitrogen and oxygen atoms in total. The molecule has 2 aromatic rings. The van der Waals surface area contributed by atoms with Crippen molar-refractivity contribution in [2.75, 3.05) is 0 Å². The van der Waals surface area contributed by atoms with E-state index >= 15 is 0 Å². The summed E-state index contributed by atoms with van der Waals surface area (Å²) in [5, 5.41) is 0. The van der Waals surface area contributed by atoms with Crippen molar-refractivity contribution in [1.29, 1.82) is 0 Å². The summed E-state index contributed by atoms with van der Waals surface area (Å²) >= 11 is 0. The van der Waals surface area contributed by atoms with E-state index in [1.165, 1.54) is 56.9 Å². The number of pyridine rings is 1. The first kappa shape index (κ1) is 15.4. The van der Waals surface area contributed by atoms with E-state index in [0.717, 1.165) is 17.6 Å². The normalized spacial score (nSPS) is 30.2. The predicted molar refractivity (Wildman–Crippen MR) is 99.7 cm³/mol. The fourth-order valence-electron chi connectivity index (χ4n) is 6.07. The highest BCUT2D eigenvalue weighted by molar-refractivity contribution is 5.45. The molecule has 0 aliphatic heterocycles. The maximum atomic E-state index is 6.14. The molecule has 2 fully saturated rings. The number of fused-ring (bicyclic) bond motifs is 1.